The quantitative estimate of drug-likeness (QED) is 0.727. The summed E-state index contributed by atoms with van der Waals surface area (Å²) in [6.07, 6.45) is -0.125. The number of halogens is 1. The smallest absolute Gasteiger partial charge is 0.307 e. The molecule has 0 fully saturated rings. The first-order valence-electron chi connectivity index (χ1n) is 8.48. The Morgan fingerprint density at radius 3 is 2.07 bits per heavy atom. The minimum Gasteiger partial charge on any atom is -0.469 e. The standard InChI is InChI=1S/C20H24ClNO4S/c1-12-10-13(2)15(4)20(14(12)3)27(24,25)22-18(11-19(23)26-5)16-6-8-17(21)9-7-16/h6-10,18,22H,11H2,1-5H3/t18-/m0/s1. The molecule has 27 heavy (non-hydrogen) atoms. The molecular weight excluding hydrogens is 386 g/mol. The van der Waals surface area contributed by atoms with E-state index in [1.54, 1.807) is 38.1 Å². The summed E-state index contributed by atoms with van der Waals surface area (Å²) in [5.41, 5.74) is 3.81. The maximum atomic E-state index is 13.2. The first-order valence-corrected chi connectivity index (χ1v) is 10.3. The van der Waals surface area contributed by atoms with Crippen LogP contribution in [0.3, 0.4) is 0 Å². The van der Waals surface area contributed by atoms with E-state index in [0.717, 1.165) is 11.1 Å². The normalized spacial score (nSPS) is 12.7. The molecular formula is C20H24ClNO4S. The fraction of sp³-hybridized carbons (Fsp3) is 0.350. The lowest BCUT2D eigenvalue weighted by molar-refractivity contribution is -0.141. The van der Waals surface area contributed by atoms with Crippen molar-refractivity contribution in [3.63, 3.8) is 0 Å². The second-order valence-electron chi connectivity index (χ2n) is 6.60. The maximum absolute atomic E-state index is 13.2. The van der Waals surface area contributed by atoms with Gasteiger partial charge in [-0.2, -0.15) is 0 Å². The highest BCUT2D eigenvalue weighted by Gasteiger charge is 2.27. The number of ether oxygens (including phenoxy) is 1. The Balaban J connectivity index is 2.50. The number of nitrogens with one attached hydrogen (secondary N) is 1. The molecule has 0 aliphatic heterocycles. The van der Waals surface area contributed by atoms with Crippen LogP contribution in [-0.2, 0) is 19.6 Å². The first kappa shape index (κ1) is 21.4. The van der Waals surface area contributed by atoms with Gasteiger partial charge in [-0.3, -0.25) is 4.79 Å². The summed E-state index contributed by atoms with van der Waals surface area (Å²) in [5.74, 6) is -0.508. The lowest BCUT2D eigenvalue weighted by Gasteiger charge is -2.21. The Morgan fingerprint density at radius 2 is 1.59 bits per heavy atom. The van der Waals surface area contributed by atoms with Crippen molar-refractivity contribution >= 4 is 27.6 Å². The summed E-state index contributed by atoms with van der Waals surface area (Å²) in [5, 5.41) is 0.527. The van der Waals surface area contributed by atoms with Crippen molar-refractivity contribution in [1.29, 1.82) is 0 Å². The van der Waals surface area contributed by atoms with Gasteiger partial charge in [0, 0.05) is 5.02 Å². The fourth-order valence-electron chi connectivity index (χ4n) is 3.00. The summed E-state index contributed by atoms with van der Waals surface area (Å²) in [6, 6.07) is 7.90. The van der Waals surface area contributed by atoms with Gasteiger partial charge in [-0.05, 0) is 67.6 Å². The van der Waals surface area contributed by atoms with Gasteiger partial charge in [-0.1, -0.05) is 29.8 Å². The predicted molar refractivity (Wildman–Crippen MR) is 107 cm³/mol. The summed E-state index contributed by atoms with van der Waals surface area (Å²) >= 11 is 5.92. The highest BCUT2D eigenvalue weighted by molar-refractivity contribution is 7.89. The molecule has 0 saturated carbocycles. The third-order valence-electron chi connectivity index (χ3n) is 4.73. The lowest BCUT2D eigenvalue weighted by Crippen LogP contribution is -2.31. The second kappa shape index (κ2) is 8.42. The molecule has 2 aromatic rings. The number of aryl methyl sites for hydroxylation is 2. The zero-order valence-corrected chi connectivity index (χ0v) is 17.7. The highest BCUT2D eigenvalue weighted by Crippen LogP contribution is 2.29. The van der Waals surface area contributed by atoms with Gasteiger partial charge in [-0.25, -0.2) is 13.1 Å². The Kier molecular flexibility index (Phi) is 6.68. The number of sulfonamides is 1. The van der Waals surface area contributed by atoms with E-state index in [2.05, 4.69) is 4.72 Å². The van der Waals surface area contributed by atoms with Gasteiger partial charge in [0.2, 0.25) is 10.0 Å². The van der Waals surface area contributed by atoms with Crippen LogP contribution in [0.4, 0.5) is 0 Å². The topological polar surface area (TPSA) is 72.5 Å². The van der Waals surface area contributed by atoms with Crippen LogP contribution < -0.4 is 4.72 Å². The van der Waals surface area contributed by atoms with E-state index in [1.165, 1.54) is 7.11 Å². The van der Waals surface area contributed by atoms with E-state index in [0.29, 0.717) is 21.7 Å². The van der Waals surface area contributed by atoms with Gasteiger partial charge < -0.3 is 4.74 Å². The predicted octanol–water partition coefficient (Wildman–Crippen LogP) is 4.16. The van der Waals surface area contributed by atoms with E-state index in [-0.39, 0.29) is 11.3 Å². The largest absolute Gasteiger partial charge is 0.469 e. The van der Waals surface area contributed by atoms with Crippen LogP contribution in [0.1, 0.15) is 40.3 Å². The maximum Gasteiger partial charge on any atom is 0.307 e. The van der Waals surface area contributed by atoms with Crippen LogP contribution in [-0.4, -0.2) is 21.5 Å². The molecule has 0 amide bonds. The minimum atomic E-state index is -3.87. The number of carbonyl (C=O) groups is 1. The van der Waals surface area contributed by atoms with E-state index in [4.69, 9.17) is 16.3 Å². The number of esters is 1. The molecule has 0 radical (unpaired) electrons. The molecule has 2 rings (SSSR count). The average molecular weight is 410 g/mol. The van der Waals surface area contributed by atoms with Crippen molar-refractivity contribution in [2.45, 2.75) is 45.1 Å². The van der Waals surface area contributed by atoms with Crippen LogP contribution >= 0.6 is 11.6 Å². The number of hydrogen-bond acceptors (Lipinski definition) is 4. The Morgan fingerprint density at radius 1 is 1.07 bits per heavy atom. The zero-order valence-electron chi connectivity index (χ0n) is 16.1. The van der Waals surface area contributed by atoms with Gasteiger partial charge in [0.15, 0.2) is 0 Å². The van der Waals surface area contributed by atoms with Crippen molar-refractivity contribution in [3.05, 3.63) is 63.2 Å². The SMILES string of the molecule is COC(=O)C[C@H](NS(=O)(=O)c1c(C)c(C)cc(C)c1C)c1ccc(Cl)cc1. The third kappa shape index (κ3) is 4.89. The molecule has 0 bridgehead atoms. The molecule has 0 unspecified atom stereocenters. The molecule has 0 aliphatic rings. The molecule has 146 valence electrons. The number of carbonyl (C=O) groups excluding carboxylic acids is 1. The molecule has 0 saturated heterocycles. The van der Waals surface area contributed by atoms with Gasteiger partial charge in [0.1, 0.15) is 0 Å². The van der Waals surface area contributed by atoms with Crippen LogP contribution in [0.25, 0.3) is 0 Å². The number of hydrogen-bond donors (Lipinski definition) is 1. The van der Waals surface area contributed by atoms with E-state index in [9.17, 15) is 13.2 Å². The molecule has 0 aliphatic carbocycles. The lowest BCUT2D eigenvalue weighted by atomic mass is 10.0. The van der Waals surface area contributed by atoms with Gasteiger partial charge in [0.25, 0.3) is 0 Å². The molecule has 0 heterocycles. The minimum absolute atomic E-state index is 0.125. The fourth-order valence-corrected chi connectivity index (χ4v) is 4.97. The van der Waals surface area contributed by atoms with E-state index >= 15 is 0 Å². The highest BCUT2D eigenvalue weighted by atomic mass is 35.5. The average Bonchev–Trinajstić information content (AvgIpc) is 2.59. The molecule has 5 nitrogen and oxygen atoms in total. The Hall–Kier alpha value is -1.89. The second-order valence-corrected chi connectivity index (χ2v) is 8.68. The van der Waals surface area contributed by atoms with Crippen LogP contribution in [0.5, 0.6) is 0 Å². The monoisotopic (exact) mass is 409 g/mol. The summed E-state index contributed by atoms with van der Waals surface area (Å²) in [4.78, 5) is 12.1. The number of methoxy groups -OCH3 is 1. The van der Waals surface area contributed by atoms with Crippen LogP contribution in [0.15, 0.2) is 35.2 Å². The summed E-state index contributed by atoms with van der Waals surface area (Å²) in [6.45, 7) is 7.33. The van der Waals surface area contributed by atoms with Crippen molar-refractivity contribution < 1.29 is 17.9 Å². The van der Waals surface area contributed by atoms with Crippen molar-refractivity contribution in [3.8, 4) is 0 Å². The summed E-state index contributed by atoms with van der Waals surface area (Å²) in [7, 11) is -2.60. The molecule has 0 aromatic heterocycles. The zero-order chi connectivity index (χ0) is 20.4. The Bertz CT molecular complexity index is 927. The summed E-state index contributed by atoms with van der Waals surface area (Å²) < 4.78 is 33.8. The van der Waals surface area contributed by atoms with Crippen molar-refractivity contribution in [2.75, 3.05) is 7.11 Å². The molecule has 1 N–H and O–H groups in total. The number of benzene rings is 2. The van der Waals surface area contributed by atoms with Gasteiger partial charge in [-0.15, -0.1) is 0 Å². The molecule has 1 atom stereocenters. The molecule has 2 aromatic carbocycles. The Labute approximate surface area is 165 Å². The van der Waals surface area contributed by atoms with Crippen LogP contribution in [0, 0.1) is 27.7 Å². The van der Waals surface area contributed by atoms with Crippen LogP contribution in [0.2, 0.25) is 5.02 Å². The van der Waals surface area contributed by atoms with Gasteiger partial charge >= 0.3 is 5.97 Å². The first-order chi connectivity index (χ1) is 12.6. The molecule has 0 spiro atoms. The van der Waals surface area contributed by atoms with Crippen molar-refractivity contribution in [2.24, 2.45) is 0 Å². The number of rotatable bonds is 6. The van der Waals surface area contributed by atoms with Crippen molar-refractivity contribution in [1.82, 2.24) is 4.72 Å². The van der Waals surface area contributed by atoms with E-state index in [1.807, 2.05) is 19.9 Å². The molecule has 7 heteroatoms. The third-order valence-corrected chi connectivity index (χ3v) is 6.73. The van der Waals surface area contributed by atoms with E-state index < -0.39 is 22.0 Å². The van der Waals surface area contributed by atoms with Gasteiger partial charge in [0.05, 0.1) is 24.5 Å².